The third-order valence-electron chi connectivity index (χ3n) is 2.86. The zero-order chi connectivity index (χ0) is 14.5. The monoisotopic (exact) mass is 271 g/mol. The fourth-order valence-electron chi connectivity index (χ4n) is 1.83. The normalized spacial score (nSPS) is 13.5. The predicted molar refractivity (Wildman–Crippen MR) is 76.2 cm³/mol. The van der Waals surface area contributed by atoms with Crippen molar-refractivity contribution in [3.63, 3.8) is 0 Å². The van der Waals surface area contributed by atoms with Gasteiger partial charge >= 0.3 is 0 Å². The molecule has 2 aromatic rings. The van der Waals surface area contributed by atoms with E-state index in [1.54, 1.807) is 30.5 Å². The first-order valence-electron chi connectivity index (χ1n) is 6.31. The second-order valence-corrected chi connectivity index (χ2v) is 4.54. The van der Waals surface area contributed by atoms with Gasteiger partial charge in [0.25, 0.3) is 0 Å². The molecule has 1 aromatic carbocycles. The van der Waals surface area contributed by atoms with Crippen molar-refractivity contribution in [1.29, 1.82) is 0 Å². The number of pyridine rings is 1. The Morgan fingerprint density at radius 1 is 1.20 bits per heavy atom. The van der Waals surface area contributed by atoms with Crippen LogP contribution in [0.15, 0.2) is 48.7 Å². The molecule has 20 heavy (non-hydrogen) atoms. The summed E-state index contributed by atoms with van der Waals surface area (Å²) in [5.74, 6) is 0.146. The van der Waals surface area contributed by atoms with Crippen LogP contribution in [-0.4, -0.2) is 16.9 Å². The van der Waals surface area contributed by atoms with Gasteiger partial charge in [-0.1, -0.05) is 6.07 Å². The van der Waals surface area contributed by atoms with E-state index < -0.39 is 5.91 Å². The van der Waals surface area contributed by atoms with Crippen LogP contribution in [0.5, 0.6) is 5.75 Å². The number of benzene rings is 1. The number of nitrogens with two attached hydrogens (primary N) is 2. The first-order valence-corrected chi connectivity index (χ1v) is 6.31. The van der Waals surface area contributed by atoms with Crippen molar-refractivity contribution >= 4 is 5.91 Å². The lowest BCUT2D eigenvalue weighted by atomic mass is 10.1. The number of primary amides is 1. The molecule has 5 heteroatoms. The topological polar surface area (TPSA) is 91.2 Å². The second-order valence-electron chi connectivity index (χ2n) is 4.54. The molecule has 2 unspecified atom stereocenters. The lowest BCUT2D eigenvalue weighted by molar-refractivity contribution is 0.1000. The number of hydrogen-bond acceptors (Lipinski definition) is 4. The van der Waals surface area contributed by atoms with Gasteiger partial charge in [0.1, 0.15) is 5.75 Å². The average molecular weight is 271 g/mol. The minimum absolute atomic E-state index is 0.222. The average Bonchev–Trinajstić information content (AvgIpc) is 2.46. The molecule has 0 saturated heterocycles. The number of carbonyl (C=O) groups excluding carboxylic acids is 1. The summed E-state index contributed by atoms with van der Waals surface area (Å²) in [5.41, 5.74) is 12.4. The molecule has 104 valence electrons. The highest BCUT2D eigenvalue weighted by molar-refractivity contribution is 5.92. The lowest BCUT2D eigenvalue weighted by Gasteiger charge is -2.22. The van der Waals surface area contributed by atoms with Gasteiger partial charge in [-0.15, -0.1) is 0 Å². The van der Waals surface area contributed by atoms with E-state index in [4.69, 9.17) is 16.2 Å². The van der Waals surface area contributed by atoms with Crippen LogP contribution in [0.1, 0.15) is 29.1 Å². The van der Waals surface area contributed by atoms with Gasteiger partial charge in [-0.2, -0.15) is 0 Å². The highest BCUT2D eigenvalue weighted by Gasteiger charge is 2.19. The minimum atomic E-state index is -0.468. The van der Waals surface area contributed by atoms with E-state index >= 15 is 0 Å². The first kappa shape index (κ1) is 14.0. The Labute approximate surface area is 117 Å². The SMILES string of the molecule is CC(N)C(Oc1ccc(C(N)=O)cc1)c1ccccn1. The summed E-state index contributed by atoms with van der Waals surface area (Å²) >= 11 is 0. The van der Waals surface area contributed by atoms with E-state index in [2.05, 4.69) is 4.98 Å². The molecule has 5 nitrogen and oxygen atoms in total. The standard InChI is InChI=1S/C15H17N3O2/c1-10(16)14(13-4-2-3-9-18-13)20-12-7-5-11(6-8-12)15(17)19/h2-10,14H,16H2,1H3,(H2,17,19). The van der Waals surface area contributed by atoms with Gasteiger partial charge in [0, 0.05) is 17.8 Å². The van der Waals surface area contributed by atoms with Crippen molar-refractivity contribution in [3.05, 3.63) is 59.9 Å². The van der Waals surface area contributed by atoms with Crippen LogP contribution < -0.4 is 16.2 Å². The molecule has 0 aliphatic carbocycles. The molecule has 0 spiro atoms. The molecule has 4 N–H and O–H groups in total. The molecule has 2 rings (SSSR count). The van der Waals surface area contributed by atoms with Crippen molar-refractivity contribution in [3.8, 4) is 5.75 Å². The number of nitrogens with zero attached hydrogens (tertiary/aromatic N) is 1. The van der Waals surface area contributed by atoms with E-state index in [1.807, 2.05) is 25.1 Å². The lowest BCUT2D eigenvalue weighted by Crippen LogP contribution is -2.29. The Kier molecular flexibility index (Phi) is 4.32. The number of aromatic nitrogens is 1. The van der Waals surface area contributed by atoms with E-state index in [0.29, 0.717) is 11.3 Å². The van der Waals surface area contributed by atoms with Crippen LogP contribution in [0, 0.1) is 0 Å². The third kappa shape index (κ3) is 3.33. The van der Waals surface area contributed by atoms with Gasteiger partial charge in [0.2, 0.25) is 5.91 Å². The van der Waals surface area contributed by atoms with Gasteiger partial charge in [0.15, 0.2) is 6.10 Å². The zero-order valence-corrected chi connectivity index (χ0v) is 11.2. The largest absolute Gasteiger partial charge is 0.483 e. The summed E-state index contributed by atoms with van der Waals surface area (Å²) in [4.78, 5) is 15.3. The highest BCUT2D eigenvalue weighted by Crippen LogP contribution is 2.23. The molecule has 0 bridgehead atoms. The van der Waals surface area contributed by atoms with Gasteiger partial charge in [0.05, 0.1) is 5.69 Å². The van der Waals surface area contributed by atoms with Crippen LogP contribution in [0.2, 0.25) is 0 Å². The van der Waals surface area contributed by atoms with E-state index in [1.165, 1.54) is 0 Å². The Morgan fingerprint density at radius 2 is 1.90 bits per heavy atom. The van der Waals surface area contributed by atoms with Crippen molar-refractivity contribution in [1.82, 2.24) is 4.98 Å². The maximum atomic E-state index is 11.0. The van der Waals surface area contributed by atoms with Crippen molar-refractivity contribution in [2.75, 3.05) is 0 Å². The third-order valence-corrected chi connectivity index (χ3v) is 2.86. The molecule has 0 radical (unpaired) electrons. The fourth-order valence-corrected chi connectivity index (χ4v) is 1.83. The molecular formula is C15H17N3O2. The molecule has 0 aliphatic rings. The molecule has 2 atom stereocenters. The Balaban J connectivity index is 2.19. The number of hydrogen-bond donors (Lipinski definition) is 2. The summed E-state index contributed by atoms with van der Waals surface area (Å²) in [5, 5.41) is 0. The number of amides is 1. The molecule has 0 saturated carbocycles. The quantitative estimate of drug-likeness (QED) is 0.865. The second kappa shape index (κ2) is 6.16. The summed E-state index contributed by atoms with van der Waals surface area (Å²) in [6.07, 6.45) is 1.35. The smallest absolute Gasteiger partial charge is 0.248 e. The van der Waals surface area contributed by atoms with E-state index in [-0.39, 0.29) is 12.1 Å². The minimum Gasteiger partial charge on any atom is -0.483 e. The fraction of sp³-hybridized carbons (Fsp3) is 0.200. The van der Waals surface area contributed by atoms with Crippen LogP contribution in [0.25, 0.3) is 0 Å². The molecular weight excluding hydrogens is 254 g/mol. The van der Waals surface area contributed by atoms with Crippen molar-refractivity contribution in [2.45, 2.75) is 19.1 Å². The van der Waals surface area contributed by atoms with Gasteiger partial charge in [-0.3, -0.25) is 9.78 Å². The number of rotatable bonds is 5. The van der Waals surface area contributed by atoms with Crippen LogP contribution in [-0.2, 0) is 0 Å². The van der Waals surface area contributed by atoms with Crippen molar-refractivity contribution < 1.29 is 9.53 Å². The first-order chi connectivity index (χ1) is 9.58. The highest BCUT2D eigenvalue weighted by atomic mass is 16.5. The van der Waals surface area contributed by atoms with Crippen LogP contribution in [0.3, 0.4) is 0 Å². The van der Waals surface area contributed by atoms with Crippen molar-refractivity contribution in [2.24, 2.45) is 11.5 Å². The summed E-state index contributed by atoms with van der Waals surface area (Å²) in [6.45, 7) is 1.86. The molecule has 1 heterocycles. The van der Waals surface area contributed by atoms with E-state index in [0.717, 1.165) is 5.69 Å². The Bertz CT molecular complexity index is 567. The maximum absolute atomic E-state index is 11.0. The van der Waals surface area contributed by atoms with Crippen LogP contribution in [0.4, 0.5) is 0 Å². The molecule has 1 aromatic heterocycles. The summed E-state index contributed by atoms with van der Waals surface area (Å²) < 4.78 is 5.86. The number of carbonyl (C=O) groups is 1. The zero-order valence-electron chi connectivity index (χ0n) is 11.2. The molecule has 0 fully saturated rings. The Hall–Kier alpha value is -2.40. The van der Waals surface area contributed by atoms with Gasteiger partial charge < -0.3 is 16.2 Å². The summed E-state index contributed by atoms with van der Waals surface area (Å²) in [7, 11) is 0. The van der Waals surface area contributed by atoms with E-state index in [9.17, 15) is 4.79 Å². The molecule has 1 amide bonds. The maximum Gasteiger partial charge on any atom is 0.248 e. The summed E-state index contributed by atoms with van der Waals surface area (Å²) in [6, 6.07) is 12.0. The molecule has 0 aliphatic heterocycles. The van der Waals surface area contributed by atoms with Crippen LogP contribution >= 0.6 is 0 Å². The number of ether oxygens (including phenoxy) is 1. The van der Waals surface area contributed by atoms with Gasteiger partial charge in [-0.25, -0.2) is 0 Å². The van der Waals surface area contributed by atoms with Gasteiger partial charge in [-0.05, 0) is 43.3 Å². The predicted octanol–water partition coefficient (Wildman–Crippen LogP) is 1.65. The Morgan fingerprint density at radius 3 is 2.40 bits per heavy atom.